The second-order valence-electron chi connectivity index (χ2n) is 10.6. The Morgan fingerprint density at radius 3 is 2.23 bits per heavy atom. The van der Waals surface area contributed by atoms with Gasteiger partial charge >= 0.3 is 0 Å². The molecule has 0 radical (unpaired) electrons. The zero-order chi connectivity index (χ0) is 28.4. The van der Waals surface area contributed by atoms with Crippen LogP contribution < -0.4 is 14.7 Å². The van der Waals surface area contributed by atoms with Crippen LogP contribution in [0.5, 0.6) is 0 Å². The summed E-state index contributed by atoms with van der Waals surface area (Å²) in [5, 5.41) is 9.75. The average molecular weight is 560 g/mol. The Bertz CT molecular complexity index is 1380. The third-order valence-electron chi connectivity index (χ3n) is 8.12. The topological polar surface area (TPSA) is 81.2 Å². The normalized spacial score (nSPS) is 19.2. The van der Waals surface area contributed by atoms with Crippen LogP contribution in [0.15, 0.2) is 72.8 Å². The van der Waals surface area contributed by atoms with Gasteiger partial charge in [-0.15, -0.1) is 0 Å². The zero-order valence-corrected chi connectivity index (χ0v) is 23.6. The lowest BCUT2D eigenvalue weighted by atomic mass is 9.89. The Morgan fingerprint density at radius 1 is 0.950 bits per heavy atom. The van der Waals surface area contributed by atoms with Crippen molar-refractivity contribution < 1.29 is 19.5 Å². The van der Waals surface area contributed by atoms with E-state index in [1.807, 2.05) is 72.5 Å². The highest BCUT2D eigenvalue weighted by atomic mass is 35.5. The zero-order valence-electron chi connectivity index (χ0n) is 22.8. The van der Waals surface area contributed by atoms with Crippen LogP contribution in [0.1, 0.15) is 55.1 Å². The van der Waals surface area contributed by atoms with Gasteiger partial charge < -0.3 is 19.8 Å². The van der Waals surface area contributed by atoms with Crippen molar-refractivity contribution >= 4 is 46.3 Å². The van der Waals surface area contributed by atoms with Crippen molar-refractivity contribution in [3.63, 3.8) is 0 Å². The molecule has 1 saturated heterocycles. The Balaban J connectivity index is 1.38. The van der Waals surface area contributed by atoms with Crippen molar-refractivity contribution in [3.05, 3.63) is 88.9 Å². The molecule has 3 aromatic carbocycles. The van der Waals surface area contributed by atoms with Crippen LogP contribution >= 0.6 is 11.6 Å². The summed E-state index contributed by atoms with van der Waals surface area (Å²) in [6, 6.07) is 22.3. The smallest absolute Gasteiger partial charge is 0.258 e. The molecule has 0 unspecified atom stereocenters. The number of aliphatic hydroxyl groups excluding tert-OH is 1. The molecule has 5 rings (SSSR count). The average Bonchev–Trinajstić information content (AvgIpc) is 2.97. The first-order valence-electron chi connectivity index (χ1n) is 13.7. The molecule has 2 aliphatic rings. The molecule has 2 heterocycles. The molecule has 2 aliphatic heterocycles. The monoisotopic (exact) mass is 559 g/mol. The van der Waals surface area contributed by atoms with Crippen molar-refractivity contribution in [2.45, 2.75) is 45.2 Å². The summed E-state index contributed by atoms with van der Waals surface area (Å²) in [5.41, 5.74) is 4.10. The van der Waals surface area contributed by atoms with E-state index in [2.05, 4.69) is 4.90 Å². The van der Waals surface area contributed by atoms with Gasteiger partial charge in [-0.25, -0.2) is 0 Å². The van der Waals surface area contributed by atoms with Gasteiger partial charge in [-0.05, 0) is 86.3 Å². The summed E-state index contributed by atoms with van der Waals surface area (Å²) in [6.07, 6.45) is 2.03. The highest BCUT2D eigenvalue weighted by Gasteiger charge is 2.38. The van der Waals surface area contributed by atoms with Crippen LogP contribution in [0.25, 0.3) is 0 Å². The predicted molar refractivity (Wildman–Crippen MR) is 158 cm³/mol. The van der Waals surface area contributed by atoms with E-state index in [1.165, 1.54) is 0 Å². The maximum Gasteiger partial charge on any atom is 0.258 e. The number of amides is 2. The molecular weight excluding hydrogens is 526 g/mol. The molecule has 1 N–H and O–H groups in total. The maximum atomic E-state index is 13.9. The number of nitrogens with zero attached hydrogens (tertiary/aromatic N) is 3. The number of rotatable bonds is 6. The molecule has 208 valence electrons. The number of piperidine rings is 1. The summed E-state index contributed by atoms with van der Waals surface area (Å²) in [6.45, 7) is 4.67. The molecule has 0 aromatic heterocycles. The minimum Gasteiger partial charge on any atom is -0.389 e. The highest BCUT2D eigenvalue weighted by molar-refractivity contribution is 6.30. The molecule has 7 nitrogen and oxygen atoms in total. The van der Waals surface area contributed by atoms with Gasteiger partial charge in [-0.1, -0.05) is 29.8 Å². The lowest BCUT2D eigenvalue weighted by Gasteiger charge is -2.43. The molecule has 2 atom stereocenters. The van der Waals surface area contributed by atoms with Crippen molar-refractivity contribution in [1.29, 1.82) is 0 Å². The van der Waals surface area contributed by atoms with Crippen molar-refractivity contribution in [2.24, 2.45) is 5.92 Å². The number of fused-ring (bicyclic) bond motifs is 1. The number of hydrogen-bond donors (Lipinski definition) is 1. The van der Waals surface area contributed by atoms with Crippen LogP contribution in [-0.2, 0) is 9.59 Å². The van der Waals surface area contributed by atoms with Crippen LogP contribution in [0.2, 0.25) is 5.02 Å². The molecule has 0 saturated carbocycles. The molecule has 8 heteroatoms. The number of para-hydroxylation sites is 1. The number of carbonyl (C=O) groups is 3. The van der Waals surface area contributed by atoms with E-state index in [4.69, 9.17) is 16.7 Å². The van der Waals surface area contributed by atoms with E-state index >= 15 is 0 Å². The van der Waals surface area contributed by atoms with Crippen molar-refractivity contribution in [2.75, 3.05) is 34.4 Å². The number of benzene rings is 3. The SMILES string of the molecule is CC(=O)N(c1ccc(Cl)cc1)[C@@H]1C[C@H](C)N(C(=O)c2ccc(N3CCC(C(=O)CO)CC3)cc2)c2ccccc21. The van der Waals surface area contributed by atoms with E-state index in [1.54, 1.807) is 24.0 Å². The molecule has 2 amide bonds. The molecule has 0 bridgehead atoms. The van der Waals surface area contributed by atoms with Gasteiger partial charge in [-0.2, -0.15) is 0 Å². The summed E-state index contributed by atoms with van der Waals surface area (Å²) in [4.78, 5) is 44.5. The van der Waals surface area contributed by atoms with E-state index in [0.717, 1.165) is 48.6 Å². The Labute approximate surface area is 240 Å². The number of Topliss-reactive ketones (excluding diaryl/α,β-unsaturated/α-hetero) is 1. The fraction of sp³-hybridized carbons (Fsp3) is 0.344. The van der Waals surface area contributed by atoms with Crippen LogP contribution in [0, 0.1) is 5.92 Å². The number of anilines is 3. The number of carbonyl (C=O) groups excluding carboxylic acids is 3. The van der Waals surface area contributed by atoms with Crippen LogP contribution in [-0.4, -0.2) is 48.4 Å². The Hall–Kier alpha value is -3.68. The van der Waals surface area contributed by atoms with Gasteiger partial charge in [0.15, 0.2) is 5.78 Å². The predicted octanol–water partition coefficient (Wildman–Crippen LogP) is 5.65. The second kappa shape index (κ2) is 11.8. The van der Waals surface area contributed by atoms with Crippen molar-refractivity contribution in [1.82, 2.24) is 0 Å². The number of halogens is 1. The second-order valence-corrected chi connectivity index (χ2v) is 11.1. The first-order valence-corrected chi connectivity index (χ1v) is 14.1. The molecule has 40 heavy (non-hydrogen) atoms. The minimum atomic E-state index is -0.395. The van der Waals surface area contributed by atoms with Gasteiger partial charge in [0.1, 0.15) is 6.61 Å². The maximum absolute atomic E-state index is 13.9. The Kier molecular flexibility index (Phi) is 8.24. The molecular formula is C32H34ClN3O4. The standard InChI is InChI=1S/C32H34ClN3O4/c1-21-19-30(36(22(2)38)27-13-9-25(33)10-14-27)28-5-3-4-6-29(28)35(21)32(40)24-7-11-26(12-8-24)34-17-15-23(16-18-34)31(39)20-37/h3-14,21,23,30,37H,15-20H2,1-2H3/t21-,30+/m0/s1. The van der Waals surface area contributed by atoms with Gasteiger partial charge in [-0.3, -0.25) is 14.4 Å². The first-order chi connectivity index (χ1) is 19.3. The molecule has 3 aromatic rings. The van der Waals surface area contributed by atoms with Crippen LogP contribution in [0.4, 0.5) is 17.1 Å². The first kappa shape index (κ1) is 27.9. The van der Waals surface area contributed by atoms with Gasteiger partial charge in [0.05, 0.1) is 6.04 Å². The van der Waals surface area contributed by atoms with Gasteiger partial charge in [0.2, 0.25) is 5.91 Å². The largest absolute Gasteiger partial charge is 0.389 e. The van der Waals surface area contributed by atoms with Gasteiger partial charge in [0.25, 0.3) is 5.91 Å². The number of aliphatic hydroxyl groups is 1. The van der Waals surface area contributed by atoms with E-state index in [-0.39, 0.29) is 35.6 Å². The molecule has 0 spiro atoms. The lowest BCUT2D eigenvalue weighted by Crippen LogP contribution is -2.47. The lowest BCUT2D eigenvalue weighted by molar-refractivity contribution is -0.126. The summed E-state index contributed by atoms with van der Waals surface area (Å²) in [7, 11) is 0. The van der Waals surface area contributed by atoms with Crippen LogP contribution in [0.3, 0.4) is 0 Å². The summed E-state index contributed by atoms with van der Waals surface area (Å²) < 4.78 is 0. The third kappa shape index (κ3) is 5.49. The van der Waals surface area contributed by atoms with Gasteiger partial charge in [0, 0.05) is 59.6 Å². The quantitative estimate of drug-likeness (QED) is 0.422. The number of hydrogen-bond acceptors (Lipinski definition) is 5. The van der Waals surface area contributed by atoms with E-state index in [0.29, 0.717) is 17.0 Å². The number of ketones is 1. The molecule has 1 fully saturated rings. The molecule has 0 aliphatic carbocycles. The van der Waals surface area contributed by atoms with E-state index in [9.17, 15) is 14.4 Å². The van der Waals surface area contributed by atoms with E-state index < -0.39 is 6.61 Å². The summed E-state index contributed by atoms with van der Waals surface area (Å²) >= 11 is 6.10. The fourth-order valence-electron chi connectivity index (χ4n) is 6.06. The minimum absolute atomic E-state index is 0.0746. The van der Waals surface area contributed by atoms with Crippen molar-refractivity contribution in [3.8, 4) is 0 Å². The highest BCUT2D eigenvalue weighted by Crippen LogP contribution is 2.43. The fourth-order valence-corrected chi connectivity index (χ4v) is 6.19. The summed E-state index contributed by atoms with van der Waals surface area (Å²) in [5.74, 6) is -0.323. The Morgan fingerprint density at radius 2 is 1.60 bits per heavy atom. The third-order valence-corrected chi connectivity index (χ3v) is 8.37.